The van der Waals surface area contributed by atoms with Gasteiger partial charge in [0.05, 0.1) is 21.5 Å². The number of aromatic nitrogens is 2. The molecule has 6 aromatic rings. The van der Waals surface area contributed by atoms with E-state index in [4.69, 9.17) is 35.0 Å². The van der Waals surface area contributed by atoms with Gasteiger partial charge in [0.15, 0.2) is 11.4 Å². The highest BCUT2D eigenvalue weighted by molar-refractivity contribution is 7.80. The molecule has 0 atom stereocenters. The average Bonchev–Trinajstić information content (AvgIpc) is 3.17. The molecular weight excluding hydrogens is 801 g/mol. The lowest BCUT2D eigenvalue weighted by Crippen LogP contribution is -2.33. The van der Waals surface area contributed by atoms with Gasteiger partial charge < -0.3 is 30.4 Å². The van der Waals surface area contributed by atoms with Crippen molar-refractivity contribution in [2.24, 2.45) is 14.1 Å². The van der Waals surface area contributed by atoms with Gasteiger partial charge >= 0.3 is 12.1 Å². The van der Waals surface area contributed by atoms with Crippen molar-refractivity contribution in [1.29, 1.82) is 0 Å². The number of rotatable bonds is 12. The summed E-state index contributed by atoms with van der Waals surface area (Å²) < 4.78 is 70.1. The summed E-state index contributed by atoms with van der Waals surface area (Å²) in [6, 6.07) is 28.7. The van der Waals surface area contributed by atoms with E-state index in [-0.39, 0.29) is 12.1 Å². The van der Waals surface area contributed by atoms with E-state index in [1.54, 1.807) is 0 Å². The molecule has 4 amide bonds. The van der Waals surface area contributed by atoms with Gasteiger partial charge in [-0.25, -0.2) is 26.4 Å². The summed E-state index contributed by atoms with van der Waals surface area (Å²) in [5, 5.41) is 19.1. The SMILES string of the molecule is Cc1c2cc(NC(=O)NCCCCCCCCCNC(=O)Nc3ccc4c(c3)c(C)[n+](C)c3ccccc43)ccc2c2ccccc2[n+]1C.O=S(=O)([O-])O.O=S(=O)([O-])O. The predicted molar refractivity (Wildman–Crippen MR) is 226 cm³/mol. The maximum absolute atomic E-state index is 12.6. The molecule has 0 aliphatic carbocycles. The lowest BCUT2D eigenvalue weighted by atomic mass is 10.0. The van der Waals surface area contributed by atoms with Gasteiger partial charge in [-0.3, -0.25) is 9.11 Å². The van der Waals surface area contributed by atoms with Gasteiger partial charge in [0, 0.05) is 61.2 Å². The van der Waals surface area contributed by atoms with Crippen LogP contribution in [0.5, 0.6) is 0 Å². The van der Waals surface area contributed by atoms with Crippen molar-refractivity contribution in [3.05, 3.63) is 96.3 Å². The molecule has 0 fully saturated rings. The highest BCUT2D eigenvalue weighted by Crippen LogP contribution is 2.29. The van der Waals surface area contributed by atoms with Crippen molar-refractivity contribution in [2.75, 3.05) is 23.7 Å². The first-order chi connectivity index (χ1) is 27.8. The minimum Gasteiger partial charge on any atom is -0.726 e. The largest absolute Gasteiger partial charge is 0.726 e. The Morgan fingerprint density at radius 1 is 0.525 bits per heavy atom. The van der Waals surface area contributed by atoms with Crippen LogP contribution in [0.25, 0.3) is 43.4 Å². The smallest absolute Gasteiger partial charge is 0.319 e. The van der Waals surface area contributed by atoms with Crippen LogP contribution in [0.4, 0.5) is 21.0 Å². The number of anilines is 2. The number of para-hydroxylation sites is 2. The fourth-order valence-electron chi connectivity index (χ4n) is 6.91. The van der Waals surface area contributed by atoms with E-state index in [0.717, 1.165) is 78.5 Å². The fraction of sp³-hybridized carbons (Fsp3) is 0.317. The van der Waals surface area contributed by atoms with Gasteiger partial charge in [-0.1, -0.05) is 68.5 Å². The number of carbonyl (C=O) groups is 2. The standard InChI is InChI=1S/C41H46N6O2.2H2O4S/c1-28-36-26-30(20-22-32(36)34-16-10-12-18-38(34)46(28)3)44-40(48)42-24-14-8-6-5-7-9-15-25-43-41(49)45-31-21-23-33-35-17-11-13-19-39(35)47(4)29(2)37(33)27-31;2*1-5(2,3)4/h10-13,16-23,26-27H,5-9,14-15,24-25H2,1-4H3,(H2-2,42,43,44,45,48,49);2*(H2,1,2,3,4). The third kappa shape index (κ3) is 14.4. The quantitative estimate of drug-likeness (QED) is 0.0266. The maximum Gasteiger partial charge on any atom is 0.319 e. The third-order valence-electron chi connectivity index (χ3n) is 9.88. The molecule has 59 heavy (non-hydrogen) atoms. The number of fused-ring (bicyclic) bond motifs is 6. The van der Waals surface area contributed by atoms with Crippen LogP contribution in [0.3, 0.4) is 0 Å². The van der Waals surface area contributed by atoms with Crippen molar-refractivity contribution in [1.82, 2.24) is 10.6 Å². The minimum absolute atomic E-state index is 0.169. The molecule has 316 valence electrons. The van der Waals surface area contributed by atoms with E-state index >= 15 is 0 Å². The zero-order valence-electron chi connectivity index (χ0n) is 33.3. The molecule has 2 aromatic heterocycles. The number of pyridine rings is 2. The number of benzene rings is 4. The fourth-order valence-corrected chi connectivity index (χ4v) is 6.91. The molecule has 18 heteroatoms. The number of hydrogen-bond donors (Lipinski definition) is 6. The van der Waals surface area contributed by atoms with E-state index in [1.807, 2.05) is 12.1 Å². The first-order valence-electron chi connectivity index (χ1n) is 18.9. The molecule has 0 radical (unpaired) electrons. The average molecular weight is 851 g/mol. The highest BCUT2D eigenvalue weighted by Gasteiger charge is 2.17. The topological polar surface area (TPSA) is 245 Å². The molecule has 0 unspecified atom stereocenters. The number of carbonyl (C=O) groups excluding carboxylic acids is 2. The molecule has 0 saturated carbocycles. The Labute approximate surface area is 343 Å². The zero-order chi connectivity index (χ0) is 43.3. The van der Waals surface area contributed by atoms with Gasteiger partial charge in [0.2, 0.25) is 31.8 Å². The predicted octanol–water partition coefficient (Wildman–Crippen LogP) is 6.25. The third-order valence-corrected chi connectivity index (χ3v) is 9.88. The molecule has 4 aromatic carbocycles. The van der Waals surface area contributed by atoms with Crippen LogP contribution in [0, 0.1) is 13.8 Å². The van der Waals surface area contributed by atoms with Crippen molar-refractivity contribution in [3.8, 4) is 0 Å². The number of nitrogens with zero attached hydrogens (tertiary/aromatic N) is 2. The zero-order valence-corrected chi connectivity index (χ0v) is 35.0. The lowest BCUT2D eigenvalue weighted by molar-refractivity contribution is -0.650. The van der Waals surface area contributed by atoms with Crippen LogP contribution in [0.1, 0.15) is 56.3 Å². The number of hydrogen-bond acceptors (Lipinski definition) is 8. The van der Waals surface area contributed by atoms with Gasteiger partial charge in [0.1, 0.15) is 14.1 Å². The number of nitrogens with one attached hydrogen (secondary N) is 4. The summed E-state index contributed by atoms with van der Waals surface area (Å²) in [4.78, 5) is 25.1. The van der Waals surface area contributed by atoms with Gasteiger partial charge in [-0.2, -0.15) is 9.13 Å². The Balaban J connectivity index is 0.000000688. The van der Waals surface area contributed by atoms with E-state index in [9.17, 15) is 9.59 Å². The number of aryl methyl sites for hydroxylation is 4. The summed E-state index contributed by atoms with van der Waals surface area (Å²) in [6.45, 7) is 5.54. The van der Waals surface area contributed by atoms with Crippen molar-refractivity contribution >= 4 is 87.6 Å². The molecule has 0 aliphatic heterocycles. The molecule has 6 N–H and O–H groups in total. The monoisotopic (exact) mass is 850 g/mol. The summed E-state index contributed by atoms with van der Waals surface area (Å²) in [5.74, 6) is 0. The first kappa shape index (κ1) is 46.2. The molecule has 2 heterocycles. The number of urea groups is 2. The summed E-state index contributed by atoms with van der Waals surface area (Å²) in [7, 11) is -5.67. The normalized spacial score (nSPS) is 11.4. The van der Waals surface area contributed by atoms with E-state index in [2.05, 4.69) is 131 Å². The Hall–Kier alpha value is -5.50. The second kappa shape index (κ2) is 21.0. The van der Waals surface area contributed by atoms with Crippen LogP contribution in [0.15, 0.2) is 84.9 Å². The van der Waals surface area contributed by atoms with Crippen LogP contribution < -0.4 is 30.4 Å². The molecular formula is C41H50N6O10S2. The van der Waals surface area contributed by atoms with E-state index in [1.165, 1.54) is 32.6 Å². The maximum atomic E-state index is 12.6. The van der Waals surface area contributed by atoms with Crippen LogP contribution >= 0.6 is 0 Å². The molecule has 0 spiro atoms. The second-order valence-corrected chi connectivity index (χ2v) is 15.6. The summed E-state index contributed by atoms with van der Waals surface area (Å²) >= 11 is 0. The van der Waals surface area contributed by atoms with Gasteiger partial charge in [0.25, 0.3) is 0 Å². The van der Waals surface area contributed by atoms with Crippen molar-refractivity contribution in [2.45, 2.75) is 58.8 Å². The molecule has 0 bridgehead atoms. The Kier molecular flexibility index (Phi) is 16.4. The minimum atomic E-state index is -4.92. The molecule has 16 nitrogen and oxygen atoms in total. The lowest BCUT2D eigenvalue weighted by Gasteiger charge is -2.11. The summed E-state index contributed by atoms with van der Waals surface area (Å²) in [5.41, 5.74) is 6.30. The van der Waals surface area contributed by atoms with Crippen molar-refractivity contribution < 1.29 is 53.8 Å². The van der Waals surface area contributed by atoms with Gasteiger partial charge in [-0.05, 0) is 49.2 Å². The molecule has 0 saturated heterocycles. The highest BCUT2D eigenvalue weighted by atomic mass is 32.3. The van der Waals surface area contributed by atoms with Crippen LogP contribution in [-0.4, -0.2) is 60.2 Å². The first-order valence-corrected chi connectivity index (χ1v) is 21.6. The summed E-state index contributed by atoms with van der Waals surface area (Å²) in [6.07, 6.45) is 7.51. The molecule has 0 aliphatic rings. The second-order valence-electron chi connectivity index (χ2n) is 13.9. The molecule has 6 rings (SSSR count). The van der Waals surface area contributed by atoms with E-state index < -0.39 is 20.8 Å². The Morgan fingerprint density at radius 2 is 0.847 bits per heavy atom. The van der Waals surface area contributed by atoms with Crippen molar-refractivity contribution in [3.63, 3.8) is 0 Å². The van der Waals surface area contributed by atoms with Crippen LogP contribution in [0.2, 0.25) is 0 Å². The Morgan fingerprint density at radius 3 is 1.20 bits per heavy atom. The van der Waals surface area contributed by atoms with E-state index in [0.29, 0.717) is 13.1 Å². The number of amides is 4. The Bertz CT molecular complexity index is 2480. The van der Waals surface area contributed by atoms with Gasteiger partial charge in [-0.15, -0.1) is 0 Å². The van der Waals surface area contributed by atoms with Crippen LogP contribution in [-0.2, 0) is 34.9 Å². The number of unbranched alkanes of at least 4 members (excludes halogenated alkanes) is 6.